The Morgan fingerprint density at radius 3 is 2.24 bits per heavy atom. The summed E-state index contributed by atoms with van der Waals surface area (Å²) in [6, 6.07) is 15.2. The van der Waals surface area contributed by atoms with Crippen molar-refractivity contribution in [1.82, 2.24) is 4.98 Å². The molecule has 1 amide bonds. The van der Waals surface area contributed by atoms with Crippen LogP contribution in [0.15, 0.2) is 66.9 Å². The van der Waals surface area contributed by atoms with Gasteiger partial charge in [-0.15, -0.1) is 0 Å². The normalized spacial score (nSPS) is 10.2. The van der Waals surface area contributed by atoms with Gasteiger partial charge in [-0.2, -0.15) is 0 Å². The molecule has 0 saturated carbocycles. The largest absolute Gasteiger partial charge is 0.485 e. The van der Waals surface area contributed by atoms with Gasteiger partial charge in [0.2, 0.25) is 0 Å². The summed E-state index contributed by atoms with van der Waals surface area (Å²) in [4.78, 5) is 37.0. The number of pyridine rings is 1. The van der Waals surface area contributed by atoms with E-state index in [1.54, 1.807) is 12.1 Å². The number of carbonyl (C=O) groups is 1. The molecule has 0 aliphatic rings. The molecule has 10 heteroatoms. The lowest BCUT2D eigenvalue weighted by Gasteiger charge is -2.11. The Morgan fingerprint density at radius 1 is 0.966 bits per heavy atom. The van der Waals surface area contributed by atoms with E-state index in [9.17, 15) is 25.0 Å². The highest BCUT2D eigenvalue weighted by molar-refractivity contribution is 6.05. The monoisotopic (exact) mass is 394 g/mol. The number of amides is 1. The molecule has 3 rings (SSSR count). The molecular formula is C19H14N4O6. The second kappa shape index (κ2) is 8.57. The summed E-state index contributed by atoms with van der Waals surface area (Å²) in [5, 5.41) is 24.5. The van der Waals surface area contributed by atoms with Gasteiger partial charge in [-0.3, -0.25) is 25.0 Å². The van der Waals surface area contributed by atoms with Gasteiger partial charge in [0.1, 0.15) is 6.61 Å². The topological polar surface area (TPSA) is 138 Å². The Hall–Kier alpha value is -4.34. The number of carbonyl (C=O) groups excluding carboxylic acids is 1. The molecule has 0 radical (unpaired) electrons. The lowest BCUT2D eigenvalue weighted by Crippen LogP contribution is -2.14. The van der Waals surface area contributed by atoms with Gasteiger partial charge in [-0.05, 0) is 17.7 Å². The number of nitro groups is 2. The van der Waals surface area contributed by atoms with E-state index in [4.69, 9.17) is 4.74 Å². The molecule has 2 aromatic carbocycles. The number of ether oxygens (including phenoxy) is 1. The summed E-state index contributed by atoms with van der Waals surface area (Å²) < 4.78 is 5.69. The van der Waals surface area contributed by atoms with Gasteiger partial charge in [0.15, 0.2) is 11.6 Å². The number of nitro benzene ring substituents is 2. The van der Waals surface area contributed by atoms with Gasteiger partial charge in [0.25, 0.3) is 17.3 Å². The fraction of sp³-hybridized carbons (Fsp3) is 0.0526. The minimum absolute atomic E-state index is 0.0857. The molecule has 146 valence electrons. The van der Waals surface area contributed by atoms with Crippen molar-refractivity contribution in [2.24, 2.45) is 0 Å². The van der Waals surface area contributed by atoms with E-state index < -0.39 is 27.1 Å². The third-order valence-electron chi connectivity index (χ3n) is 3.83. The van der Waals surface area contributed by atoms with E-state index in [1.807, 2.05) is 30.3 Å². The van der Waals surface area contributed by atoms with Crippen molar-refractivity contribution in [3.8, 4) is 5.75 Å². The Balaban J connectivity index is 1.82. The van der Waals surface area contributed by atoms with Gasteiger partial charge in [-0.25, -0.2) is 4.98 Å². The first-order valence-corrected chi connectivity index (χ1v) is 8.31. The molecular weight excluding hydrogens is 380 g/mol. The van der Waals surface area contributed by atoms with E-state index in [1.165, 1.54) is 6.20 Å². The second-order valence-corrected chi connectivity index (χ2v) is 5.83. The Kier molecular flexibility index (Phi) is 5.74. The molecule has 0 aliphatic heterocycles. The van der Waals surface area contributed by atoms with Crippen LogP contribution in [0.1, 0.15) is 15.9 Å². The lowest BCUT2D eigenvalue weighted by molar-refractivity contribution is -0.394. The van der Waals surface area contributed by atoms with E-state index in [0.29, 0.717) is 0 Å². The van der Waals surface area contributed by atoms with Crippen LogP contribution in [-0.4, -0.2) is 20.7 Å². The van der Waals surface area contributed by atoms with Crippen molar-refractivity contribution in [3.05, 3.63) is 98.2 Å². The average molecular weight is 394 g/mol. The Bertz CT molecular complexity index is 1040. The van der Waals surface area contributed by atoms with E-state index in [2.05, 4.69) is 10.3 Å². The fourth-order valence-electron chi connectivity index (χ4n) is 2.45. The minimum atomic E-state index is -0.807. The van der Waals surface area contributed by atoms with Gasteiger partial charge >= 0.3 is 0 Å². The van der Waals surface area contributed by atoms with Crippen molar-refractivity contribution < 1.29 is 19.4 Å². The maximum absolute atomic E-state index is 12.5. The van der Waals surface area contributed by atoms with Gasteiger partial charge in [0.05, 0.1) is 21.5 Å². The highest BCUT2D eigenvalue weighted by Crippen LogP contribution is 2.26. The Morgan fingerprint density at radius 2 is 1.62 bits per heavy atom. The van der Waals surface area contributed by atoms with Gasteiger partial charge in [0, 0.05) is 18.3 Å². The van der Waals surface area contributed by atoms with Crippen LogP contribution < -0.4 is 10.1 Å². The van der Waals surface area contributed by atoms with Crippen molar-refractivity contribution in [2.75, 3.05) is 5.32 Å². The van der Waals surface area contributed by atoms with Crippen LogP contribution in [0.4, 0.5) is 17.2 Å². The predicted octanol–water partition coefficient (Wildman–Crippen LogP) is 3.73. The SMILES string of the molecule is O=C(Nc1ncccc1OCc1ccccc1)c1cc([N+](=O)[O-])cc([N+](=O)[O-])c1. The minimum Gasteiger partial charge on any atom is -0.485 e. The summed E-state index contributed by atoms with van der Waals surface area (Å²) >= 11 is 0. The van der Waals surface area contributed by atoms with Crippen LogP contribution in [-0.2, 0) is 6.61 Å². The molecule has 29 heavy (non-hydrogen) atoms. The highest BCUT2D eigenvalue weighted by Gasteiger charge is 2.21. The van der Waals surface area contributed by atoms with Crippen molar-refractivity contribution >= 4 is 23.1 Å². The molecule has 0 spiro atoms. The predicted molar refractivity (Wildman–Crippen MR) is 103 cm³/mol. The standard InChI is InChI=1S/C19H14N4O6/c24-19(14-9-15(22(25)26)11-16(10-14)23(27)28)21-18-17(7-4-8-20-18)29-12-13-5-2-1-3-6-13/h1-11H,12H2,(H,20,21,24). The molecule has 3 aromatic rings. The molecule has 0 unspecified atom stereocenters. The van der Waals surface area contributed by atoms with Crippen LogP contribution in [0.25, 0.3) is 0 Å². The van der Waals surface area contributed by atoms with Gasteiger partial charge < -0.3 is 10.1 Å². The summed E-state index contributed by atoms with van der Waals surface area (Å²) in [6.45, 7) is 0.234. The maximum atomic E-state index is 12.5. The first-order chi connectivity index (χ1) is 13.9. The summed E-state index contributed by atoms with van der Waals surface area (Å²) in [7, 11) is 0. The molecule has 1 aromatic heterocycles. The fourth-order valence-corrected chi connectivity index (χ4v) is 2.45. The zero-order chi connectivity index (χ0) is 20.8. The molecule has 0 atom stereocenters. The number of rotatable bonds is 7. The summed E-state index contributed by atoms with van der Waals surface area (Å²) in [5.74, 6) is -0.424. The quantitative estimate of drug-likeness (QED) is 0.476. The molecule has 1 heterocycles. The Labute approximate surface area is 164 Å². The highest BCUT2D eigenvalue weighted by atomic mass is 16.6. The second-order valence-electron chi connectivity index (χ2n) is 5.83. The molecule has 1 N–H and O–H groups in total. The van der Waals surface area contributed by atoms with Crippen molar-refractivity contribution in [2.45, 2.75) is 6.61 Å². The van der Waals surface area contributed by atoms with Crippen LogP contribution in [0, 0.1) is 20.2 Å². The number of anilines is 1. The zero-order valence-electron chi connectivity index (χ0n) is 14.8. The van der Waals surface area contributed by atoms with Crippen LogP contribution >= 0.6 is 0 Å². The molecule has 0 saturated heterocycles. The summed E-state index contributed by atoms with van der Waals surface area (Å²) in [5.41, 5.74) is -0.467. The average Bonchev–Trinajstić information content (AvgIpc) is 2.73. The third-order valence-corrected chi connectivity index (χ3v) is 3.83. The first kappa shape index (κ1) is 19.4. The number of benzene rings is 2. The van der Waals surface area contributed by atoms with Crippen LogP contribution in [0.3, 0.4) is 0 Å². The molecule has 0 fully saturated rings. The lowest BCUT2D eigenvalue weighted by atomic mass is 10.1. The van der Waals surface area contributed by atoms with Gasteiger partial charge in [-0.1, -0.05) is 30.3 Å². The number of hydrogen-bond acceptors (Lipinski definition) is 7. The molecule has 0 bridgehead atoms. The molecule has 10 nitrogen and oxygen atoms in total. The number of hydrogen-bond donors (Lipinski definition) is 1. The van der Waals surface area contributed by atoms with Crippen LogP contribution in [0.5, 0.6) is 5.75 Å². The van der Waals surface area contributed by atoms with E-state index >= 15 is 0 Å². The maximum Gasteiger partial charge on any atom is 0.277 e. The molecule has 0 aliphatic carbocycles. The third kappa shape index (κ3) is 4.89. The number of nitrogens with one attached hydrogen (secondary N) is 1. The van der Waals surface area contributed by atoms with E-state index in [0.717, 1.165) is 23.8 Å². The van der Waals surface area contributed by atoms with Crippen molar-refractivity contribution in [3.63, 3.8) is 0 Å². The first-order valence-electron chi connectivity index (χ1n) is 8.31. The van der Waals surface area contributed by atoms with E-state index in [-0.39, 0.29) is 23.7 Å². The smallest absolute Gasteiger partial charge is 0.277 e. The van der Waals surface area contributed by atoms with Crippen molar-refractivity contribution in [1.29, 1.82) is 0 Å². The number of non-ortho nitro benzene ring substituents is 2. The zero-order valence-corrected chi connectivity index (χ0v) is 14.8. The number of nitrogens with zero attached hydrogens (tertiary/aromatic N) is 3. The summed E-state index contributed by atoms with van der Waals surface area (Å²) in [6.07, 6.45) is 1.43. The van der Waals surface area contributed by atoms with Crippen LogP contribution in [0.2, 0.25) is 0 Å². The number of aromatic nitrogens is 1.